The summed E-state index contributed by atoms with van der Waals surface area (Å²) in [6.45, 7) is 7.74. The number of carbonyl (C=O) groups excluding carboxylic acids is 1. The van der Waals surface area contributed by atoms with Crippen molar-refractivity contribution >= 4 is 11.6 Å². The van der Waals surface area contributed by atoms with E-state index in [4.69, 9.17) is 19.9 Å². The van der Waals surface area contributed by atoms with Gasteiger partial charge in [0.05, 0.1) is 12.7 Å². The Morgan fingerprint density at radius 1 is 1.36 bits per heavy atom. The van der Waals surface area contributed by atoms with Crippen LogP contribution in [0.1, 0.15) is 33.6 Å². The summed E-state index contributed by atoms with van der Waals surface area (Å²) in [4.78, 5) is 12.7. The number of methoxy groups -OCH3 is 1. The number of anilines is 1. The summed E-state index contributed by atoms with van der Waals surface area (Å²) in [5, 5.41) is 2.92. The van der Waals surface area contributed by atoms with Crippen molar-refractivity contribution in [1.29, 1.82) is 0 Å². The van der Waals surface area contributed by atoms with Crippen LogP contribution in [0, 0.1) is 5.41 Å². The van der Waals surface area contributed by atoms with E-state index in [1.807, 2.05) is 39.0 Å². The third-order valence-electron chi connectivity index (χ3n) is 5.09. The van der Waals surface area contributed by atoms with Crippen LogP contribution in [0.25, 0.3) is 0 Å². The molecule has 1 amide bonds. The molecule has 2 unspecified atom stereocenters. The molecule has 0 bridgehead atoms. The number of nitrogens with one attached hydrogen (secondary N) is 1. The van der Waals surface area contributed by atoms with Crippen molar-refractivity contribution in [2.45, 2.75) is 45.3 Å². The minimum atomic E-state index is -0.942. The average Bonchev–Trinajstić information content (AvgIpc) is 2.58. The number of hydrogen-bond donors (Lipinski definition) is 2. The number of nitrogens with two attached hydrogens (primary N) is 1. The van der Waals surface area contributed by atoms with Crippen molar-refractivity contribution in [2.24, 2.45) is 11.1 Å². The van der Waals surface area contributed by atoms with Gasteiger partial charge in [-0.1, -0.05) is 19.9 Å². The van der Waals surface area contributed by atoms with Crippen molar-refractivity contribution in [2.75, 3.05) is 32.2 Å². The molecule has 0 spiro atoms. The van der Waals surface area contributed by atoms with Crippen LogP contribution in [0.3, 0.4) is 0 Å². The van der Waals surface area contributed by atoms with Gasteiger partial charge in [-0.25, -0.2) is 0 Å². The van der Waals surface area contributed by atoms with E-state index in [2.05, 4.69) is 5.32 Å². The largest absolute Gasteiger partial charge is 0.493 e. The van der Waals surface area contributed by atoms with Gasteiger partial charge in [0.25, 0.3) is 0 Å². The molecule has 1 fully saturated rings. The maximum Gasteiger partial charge on any atom is 0.245 e. The quantitative estimate of drug-likeness (QED) is 0.669. The van der Waals surface area contributed by atoms with Gasteiger partial charge in [0, 0.05) is 50.3 Å². The van der Waals surface area contributed by atoms with Crippen molar-refractivity contribution in [3.63, 3.8) is 0 Å². The molecule has 6 nitrogen and oxygen atoms in total. The first kappa shape index (κ1) is 19.7. The smallest absolute Gasteiger partial charge is 0.245 e. The molecule has 2 rings (SSSR count). The molecule has 140 valence electrons. The van der Waals surface area contributed by atoms with E-state index in [0.29, 0.717) is 37.7 Å². The fraction of sp³-hybridized carbons (Fsp3) is 0.632. The lowest BCUT2D eigenvalue weighted by Crippen LogP contribution is -2.74. The van der Waals surface area contributed by atoms with Crippen molar-refractivity contribution in [3.05, 3.63) is 24.3 Å². The second-order valence-electron chi connectivity index (χ2n) is 7.02. The van der Waals surface area contributed by atoms with Crippen LogP contribution in [-0.2, 0) is 14.3 Å². The van der Waals surface area contributed by atoms with E-state index in [1.54, 1.807) is 13.2 Å². The summed E-state index contributed by atoms with van der Waals surface area (Å²) >= 11 is 0. The molecule has 1 aliphatic rings. The van der Waals surface area contributed by atoms with Gasteiger partial charge >= 0.3 is 0 Å². The zero-order valence-electron chi connectivity index (χ0n) is 15.6. The predicted octanol–water partition coefficient (Wildman–Crippen LogP) is 2.57. The Labute approximate surface area is 150 Å². The topological polar surface area (TPSA) is 82.8 Å². The minimum Gasteiger partial charge on any atom is -0.493 e. The maximum atomic E-state index is 12.7. The Morgan fingerprint density at radius 3 is 2.76 bits per heavy atom. The van der Waals surface area contributed by atoms with Crippen molar-refractivity contribution in [1.82, 2.24) is 0 Å². The number of rotatable bonds is 9. The fourth-order valence-electron chi connectivity index (χ4n) is 3.12. The number of ether oxygens (including phenoxy) is 3. The van der Waals surface area contributed by atoms with Crippen LogP contribution >= 0.6 is 0 Å². The Bertz CT molecular complexity index is 591. The highest BCUT2D eigenvalue weighted by Crippen LogP contribution is 2.50. The molecule has 1 aromatic carbocycles. The number of hydrogen-bond acceptors (Lipinski definition) is 5. The highest BCUT2D eigenvalue weighted by Gasteiger charge is 2.62. The molecule has 2 atom stereocenters. The van der Waals surface area contributed by atoms with Gasteiger partial charge in [0.15, 0.2) is 0 Å². The van der Waals surface area contributed by atoms with Gasteiger partial charge in [0.1, 0.15) is 11.3 Å². The highest BCUT2D eigenvalue weighted by atomic mass is 16.5. The second-order valence-corrected chi connectivity index (χ2v) is 7.02. The first-order chi connectivity index (χ1) is 11.8. The summed E-state index contributed by atoms with van der Waals surface area (Å²) in [7, 11) is 1.66. The third-order valence-corrected chi connectivity index (χ3v) is 5.09. The van der Waals surface area contributed by atoms with Gasteiger partial charge in [-0.3, -0.25) is 4.79 Å². The summed E-state index contributed by atoms with van der Waals surface area (Å²) in [5.41, 5.74) is 5.73. The Balaban J connectivity index is 1.96. The normalized spacial score (nSPS) is 24.4. The molecular formula is C19H30N2O4. The van der Waals surface area contributed by atoms with E-state index >= 15 is 0 Å². The predicted molar refractivity (Wildman–Crippen MR) is 97.8 cm³/mol. The molecule has 0 aromatic heterocycles. The molecule has 0 heterocycles. The number of carbonyl (C=O) groups is 1. The van der Waals surface area contributed by atoms with Crippen LogP contribution in [-0.4, -0.2) is 44.5 Å². The Hall–Kier alpha value is -1.63. The molecule has 1 aromatic rings. The van der Waals surface area contributed by atoms with Crippen molar-refractivity contribution in [3.8, 4) is 5.75 Å². The lowest BCUT2D eigenvalue weighted by atomic mass is 9.54. The molecule has 6 heteroatoms. The zero-order chi connectivity index (χ0) is 18.5. The van der Waals surface area contributed by atoms with Crippen LogP contribution in [0.15, 0.2) is 24.3 Å². The van der Waals surface area contributed by atoms with Gasteiger partial charge in [0.2, 0.25) is 5.91 Å². The van der Waals surface area contributed by atoms with Crippen LogP contribution in [0.4, 0.5) is 5.69 Å². The first-order valence-electron chi connectivity index (χ1n) is 8.79. The Kier molecular flexibility index (Phi) is 6.43. The van der Waals surface area contributed by atoms with E-state index in [9.17, 15) is 4.79 Å². The third kappa shape index (κ3) is 4.14. The Morgan fingerprint density at radius 2 is 2.12 bits per heavy atom. The molecule has 1 saturated carbocycles. The monoisotopic (exact) mass is 350 g/mol. The summed E-state index contributed by atoms with van der Waals surface area (Å²) < 4.78 is 16.3. The van der Waals surface area contributed by atoms with E-state index in [0.717, 1.165) is 6.42 Å². The first-order valence-corrected chi connectivity index (χ1v) is 8.79. The van der Waals surface area contributed by atoms with Gasteiger partial charge in [-0.2, -0.15) is 0 Å². The van der Waals surface area contributed by atoms with Crippen LogP contribution < -0.4 is 15.8 Å². The second kappa shape index (κ2) is 8.17. The van der Waals surface area contributed by atoms with Gasteiger partial charge < -0.3 is 25.3 Å². The zero-order valence-corrected chi connectivity index (χ0v) is 15.6. The van der Waals surface area contributed by atoms with Gasteiger partial charge in [-0.15, -0.1) is 0 Å². The van der Waals surface area contributed by atoms with Crippen molar-refractivity contribution < 1.29 is 19.0 Å². The maximum absolute atomic E-state index is 12.7. The lowest BCUT2D eigenvalue weighted by Gasteiger charge is -2.57. The molecular weight excluding hydrogens is 320 g/mol. The molecule has 25 heavy (non-hydrogen) atoms. The summed E-state index contributed by atoms with van der Waals surface area (Å²) in [6, 6.07) is 7.34. The van der Waals surface area contributed by atoms with Gasteiger partial charge in [-0.05, 0) is 19.1 Å². The minimum absolute atomic E-state index is 0.00343. The molecule has 3 N–H and O–H groups in total. The molecule has 0 aliphatic heterocycles. The van der Waals surface area contributed by atoms with Crippen LogP contribution in [0.5, 0.6) is 5.75 Å². The number of benzene rings is 1. The highest BCUT2D eigenvalue weighted by molar-refractivity contribution is 5.99. The molecule has 0 radical (unpaired) electrons. The standard InChI is InChI=1S/C19H30N2O4/c1-5-24-16-13-19(20,18(16,2)3)17(22)21-14-8-6-9-15(12-14)25-11-7-10-23-4/h6,8-9,12,16H,5,7,10-11,13,20H2,1-4H3,(H,21,22). The van der Waals surface area contributed by atoms with E-state index in [1.165, 1.54) is 0 Å². The van der Waals surface area contributed by atoms with Crippen LogP contribution in [0.2, 0.25) is 0 Å². The number of amides is 1. The van der Waals surface area contributed by atoms with E-state index in [-0.39, 0.29) is 12.0 Å². The average molecular weight is 350 g/mol. The summed E-state index contributed by atoms with van der Waals surface area (Å²) in [5.74, 6) is 0.519. The fourth-order valence-corrected chi connectivity index (χ4v) is 3.12. The SMILES string of the molecule is CCOC1CC(N)(C(=O)Nc2cccc(OCCCOC)c2)C1(C)C. The molecule has 0 saturated heterocycles. The summed E-state index contributed by atoms with van der Waals surface area (Å²) in [6.07, 6.45) is 1.34. The van der Waals surface area contributed by atoms with E-state index < -0.39 is 11.0 Å². The molecule has 1 aliphatic carbocycles. The lowest BCUT2D eigenvalue weighted by molar-refractivity contribution is -0.166.